The van der Waals surface area contributed by atoms with Gasteiger partial charge in [0.2, 0.25) is 0 Å². The topological polar surface area (TPSA) is 66.8 Å². The lowest BCUT2D eigenvalue weighted by Gasteiger charge is -2.39. The number of rotatable bonds is 2. The molecule has 0 aromatic rings. The molecule has 2 aliphatic rings. The average molecular weight is 305 g/mol. The quantitative estimate of drug-likeness (QED) is 0.852. The van der Waals surface area contributed by atoms with Crippen molar-refractivity contribution in [2.75, 3.05) is 0 Å². The maximum absolute atomic E-state index is 14.1. The number of ether oxygens (including phenoxy) is 1. The van der Waals surface area contributed by atoms with E-state index >= 15 is 0 Å². The van der Waals surface area contributed by atoms with E-state index in [1.54, 1.807) is 20.8 Å². The molecule has 5 nitrogen and oxygen atoms in total. The molecule has 3 atom stereocenters. The number of piperidine rings is 1. The Bertz CT molecular complexity index is 447. The number of carboxylic acid groups (broad SMARTS) is 1. The first-order chi connectivity index (χ1) is 9.49. The highest BCUT2D eigenvalue weighted by atomic mass is 19.3. The van der Waals surface area contributed by atoms with Crippen LogP contribution in [0.1, 0.15) is 46.5 Å². The molecule has 2 heterocycles. The molecular formula is C14H21F2NO4. The molecule has 2 aliphatic heterocycles. The molecule has 2 fully saturated rings. The highest BCUT2D eigenvalue weighted by Crippen LogP contribution is 2.48. The van der Waals surface area contributed by atoms with Crippen LogP contribution in [0.3, 0.4) is 0 Å². The molecule has 1 N–H and O–H groups in total. The summed E-state index contributed by atoms with van der Waals surface area (Å²) in [4.78, 5) is 24.0. The van der Waals surface area contributed by atoms with Gasteiger partial charge in [-0.05, 0) is 39.5 Å². The molecule has 120 valence electrons. The Morgan fingerprint density at radius 1 is 1.33 bits per heavy atom. The lowest BCUT2D eigenvalue weighted by Crippen LogP contribution is -2.51. The molecule has 0 aliphatic carbocycles. The zero-order valence-electron chi connectivity index (χ0n) is 12.4. The second kappa shape index (κ2) is 5.10. The van der Waals surface area contributed by atoms with Gasteiger partial charge in [0.05, 0.1) is 6.04 Å². The van der Waals surface area contributed by atoms with Crippen molar-refractivity contribution in [2.24, 2.45) is 5.92 Å². The molecule has 2 saturated heterocycles. The highest BCUT2D eigenvalue weighted by molar-refractivity contribution is 5.70. The first-order valence-corrected chi connectivity index (χ1v) is 7.10. The summed E-state index contributed by atoms with van der Waals surface area (Å²) in [7, 11) is 0. The second-order valence-electron chi connectivity index (χ2n) is 6.96. The van der Waals surface area contributed by atoms with Crippen LogP contribution in [0.4, 0.5) is 13.6 Å². The number of hydrogen-bond acceptors (Lipinski definition) is 3. The zero-order chi connectivity index (χ0) is 16.0. The third-order valence-corrected chi connectivity index (χ3v) is 3.95. The molecule has 0 radical (unpaired) electrons. The van der Waals surface area contributed by atoms with Gasteiger partial charge in [-0.2, -0.15) is 0 Å². The Kier molecular flexibility index (Phi) is 3.88. The lowest BCUT2D eigenvalue weighted by molar-refractivity contribution is -0.139. The Hall–Kier alpha value is -1.40. The minimum absolute atomic E-state index is 0.00897. The summed E-state index contributed by atoms with van der Waals surface area (Å²) in [6.45, 7) is 5.05. The highest BCUT2D eigenvalue weighted by Gasteiger charge is 2.59. The number of alkyl halides is 2. The van der Waals surface area contributed by atoms with Crippen molar-refractivity contribution >= 4 is 12.1 Å². The summed E-state index contributed by atoms with van der Waals surface area (Å²) < 4.78 is 33.3. The fourth-order valence-electron chi connectivity index (χ4n) is 3.29. The number of amides is 1. The molecule has 0 aromatic heterocycles. The number of aliphatic carboxylic acids is 1. The standard InChI is InChI=1S/C14H21F2NO4/c1-13(2,3)21-12(20)17-9-4-8(6-11(18)19)5-10(17)14(15,16)7-9/h8-10H,4-7H2,1-3H3,(H,18,19)/t8-,9+,10-/m0/s1. The molecular weight excluding hydrogens is 284 g/mol. The predicted molar refractivity (Wildman–Crippen MR) is 70.2 cm³/mol. The normalized spacial score (nSPS) is 31.1. The van der Waals surface area contributed by atoms with E-state index in [1.807, 2.05) is 0 Å². The van der Waals surface area contributed by atoms with E-state index < -0.39 is 42.1 Å². The van der Waals surface area contributed by atoms with Crippen LogP contribution in [0.25, 0.3) is 0 Å². The summed E-state index contributed by atoms with van der Waals surface area (Å²) in [5.41, 5.74) is -0.746. The summed E-state index contributed by atoms with van der Waals surface area (Å²) in [5, 5.41) is 8.82. The molecule has 0 unspecified atom stereocenters. The van der Waals surface area contributed by atoms with Gasteiger partial charge in [-0.25, -0.2) is 13.6 Å². The Labute approximate surface area is 122 Å². The van der Waals surface area contributed by atoms with Crippen molar-refractivity contribution in [3.05, 3.63) is 0 Å². The number of hydrogen-bond donors (Lipinski definition) is 1. The van der Waals surface area contributed by atoms with Crippen LogP contribution in [0.15, 0.2) is 0 Å². The number of carboxylic acids is 1. The summed E-state index contributed by atoms with van der Waals surface area (Å²) in [5.74, 6) is -4.28. The van der Waals surface area contributed by atoms with Crippen molar-refractivity contribution in [3.63, 3.8) is 0 Å². The van der Waals surface area contributed by atoms with Crippen molar-refractivity contribution in [1.82, 2.24) is 4.90 Å². The van der Waals surface area contributed by atoms with Crippen LogP contribution < -0.4 is 0 Å². The van der Waals surface area contributed by atoms with Crippen LogP contribution in [0.2, 0.25) is 0 Å². The minimum Gasteiger partial charge on any atom is -0.481 e. The Morgan fingerprint density at radius 3 is 2.43 bits per heavy atom. The number of carbonyl (C=O) groups is 2. The molecule has 21 heavy (non-hydrogen) atoms. The fraction of sp³-hybridized carbons (Fsp3) is 0.857. The largest absolute Gasteiger partial charge is 0.481 e. The van der Waals surface area contributed by atoms with Gasteiger partial charge >= 0.3 is 12.1 Å². The van der Waals surface area contributed by atoms with E-state index in [4.69, 9.17) is 9.84 Å². The van der Waals surface area contributed by atoms with Gasteiger partial charge in [-0.3, -0.25) is 9.69 Å². The van der Waals surface area contributed by atoms with E-state index in [9.17, 15) is 18.4 Å². The molecule has 2 rings (SSSR count). The van der Waals surface area contributed by atoms with Gasteiger partial charge in [0.25, 0.3) is 5.92 Å². The third kappa shape index (κ3) is 3.44. The molecule has 0 spiro atoms. The molecule has 2 bridgehead atoms. The van der Waals surface area contributed by atoms with Gasteiger partial charge in [0.15, 0.2) is 0 Å². The zero-order valence-corrected chi connectivity index (χ0v) is 12.4. The van der Waals surface area contributed by atoms with Crippen molar-refractivity contribution in [3.8, 4) is 0 Å². The fourth-order valence-corrected chi connectivity index (χ4v) is 3.29. The smallest absolute Gasteiger partial charge is 0.410 e. The molecule has 0 saturated carbocycles. The number of carbonyl (C=O) groups excluding carboxylic acids is 1. The van der Waals surface area contributed by atoms with E-state index in [2.05, 4.69) is 0 Å². The molecule has 0 aromatic carbocycles. The SMILES string of the molecule is CC(C)(C)OC(=O)N1[C@@H]2C[C@H](CC(=O)O)C[C@H]1C(F)(F)C2. The Morgan fingerprint density at radius 2 is 1.95 bits per heavy atom. The van der Waals surface area contributed by atoms with E-state index in [0.29, 0.717) is 0 Å². The van der Waals surface area contributed by atoms with Crippen molar-refractivity contribution < 1.29 is 28.2 Å². The Balaban J connectivity index is 2.15. The van der Waals surface area contributed by atoms with Gasteiger partial charge in [0.1, 0.15) is 5.60 Å². The van der Waals surface area contributed by atoms with Crippen LogP contribution in [-0.2, 0) is 9.53 Å². The van der Waals surface area contributed by atoms with Crippen molar-refractivity contribution in [2.45, 2.75) is 70.1 Å². The number of nitrogens with zero attached hydrogens (tertiary/aromatic N) is 1. The van der Waals surface area contributed by atoms with E-state index in [0.717, 1.165) is 4.90 Å². The summed E-state index contributed by atoms with van der Waals surface area (Å²) >= 11 is 0. The molecule has 1 amide bonds. The van der Waals surface area contributed by atoms with Crippen LogP contribution in [0.5, 0.6) is 0 Å². The number of fused-ring (bicyclic) bond motifs is 2. The predicted octanol–water partition coefficient (Wildman–Crippen LogP) is 2.88. The van der Waals surface area contributed by atoms with E-state index in [-0.39, 0.29) is 25.2 Å². The maximum Gasteiger partial charge on any atom is 0.410 e. The van der Waals surface area contributed by atoms with Crippen molar-refractivity contribution in [1.29, 1.82) is 0 Å². The van der Waals surface area contributed by atoms with Gasteiger partial charge < -0.3 is 9.84 Å². The summed E-state index contributed by atoms with van der Waals surface area (Å²) in [6, 6.07) is -1.90. The third-order valence-electron chi connectivity index (χ3n) is 3.95. The first-order valence-electron chi connectivity index (χ1n) is 7.10. The first kappa shape index (κ1) is 16.0. The van der Waals surface area contributed by atoms with Crippen LogP contribution >= 0.6 is 0 Å². The van der Waals surface area contributed by atoms with Gasteiger partial charge in [-0.15, -0.1) is 0 Å². The monoisotopic (exact) mass is 305 g/mol. The number of halogens is 2. The van der Waals surface area contributed by atoms with Gasteiger partial charge in [0, 0.05) is 18.9 Å². The second-order valence-corrected chi connectivity index (χ2v) is 6.96. The average Bonchev–Trinajstić information content (AvgIpc) is 2.39. The van der Waals surface area contributed by atoms with Gasteiger partial charge in [-0.1, -0.05) is 0 Å². The van der Waals surface area contributed by atoms with Crippen LogP contribution in [-0.4, -0.2) is 45.7 Å². The minimum atomic E-state index is -2.98. The molecule has 7 heteroatoms. The lowest BCUT2D eigenvalue weighted by atomic mass is 9.88. The maximum atomic E-state index is 14.1. The summed E-state index contributed by atoms with van der Waals surface area (Å²) in [6.07, 6.45) is -0.978. The van der Waals surface area contributed by atoms with Crippen LogP contribution in [0, 0.1) is 5.92 Å². The van der Waals surface area contributed by atoms with E-state index in [1.165, 1.54) is 0 Å².